The van der Waals surface area contributed by atoms with Gasteiger partial charge in [0.15, 0.2) is 0 Å². The van der Waals surface area contributed by atoms with E-state index in [1.165, 1.54) is 23.5 Å². The Morgan fingerprint density at radius 2 is 2.05 bits per heavy atom. The average Bonchev–Trinajstić information content (AvgIpc) is 3.15. The number of rotatable bonds is 5. The molecular weight excluding hydrogens is 280 g/mol. The summed E-state index contributed by atoms with van der Waals surface area (Å²) in [5, 5.41) is 7.30. The normalized spacial score (nSPS) is 22.4. The van der Waals surface area contributed by atoms with Gasteiger partial charge in [-0.2, -0.15) is 0 Å². The van der Waals surface area contributed by atoms with Crippen molar-refractivity contribution in [2.24, 2.45) is 5.41 Å². The Kier molecular flexibility index (Phi) is 4.40. The molecule has 0 radical (unpaired) electrons. The molecule has 1 aromatic rings. The molecule has 0 amide bonds. The van der Waals surface area contributed by atoms with E-state index in [-0.39, 0.29) is 5.41 Å². The van der Waals surface area contributed by atoms with Gasteiger partial charge in [-0.15, -0.1) is 11.3 Å². The predicted molar refractivity (Wildman–Crippen MR) is 88.0 cm³/mol. The van der Waals surface area contributed by atoms with Gasteiger partial charge in [0.2, 0.25) is 0 Å². The zero-order valence-corrected chi connectivity index (χ0v) is 14.4. The molecule has 0 unspecified atom stereocenters. The van der Waals surface area contributed by atoms with Crippen LogP contribution in [0.3, 0.4) is 0 Å². The highest BCUT2D eigenvalue weighted by molar-refractivity contribution is 7.09. The Morgan fingerprint density at radius 3 is 2.62 bits per heavy atom. The van der Waals surface area contributed by atoms with E-state index in [9.17, 15) is 0 Å². The highest BCUT2D eigenvalue weighted by Crippen LogP contribution is 2.36. The van der Waals surface area contributed by atoms with E-state index in [0.717, 1.165) is 45.1 Å². The van der Waals surface area contributed by atoms with Crippen molar-refractivity contribution >= 4 is 11.3 Å². The summed E-state index contributed by atoms with van der Waals surface area (Å²) in [4.78, 5) is 4.91. The van der Waals surface area contributed by atoms with Gasteiger partial charge < -0.3 is 10.1 Å². The monoisotopic (exact) mass is 308 g/mol. The molecule has 3 rings (SSSR count). The van der Waals surface area contributed by atoms with Crippen LogP contribution in [0.5, 0.6) is 0 Å². The van der Waals surface area contributed by atoms with Crippen molar-refractivity contribution in [3.05, 3.63) is 16.1 Å². The van der Waals surface area contributed by atoms with E-state index in [0.29, 0.717) is 5.41 Å². The molecule has 1 aliphatic carbocycles. The Balaban J connectivity index is 1.69. The van der Waals surface area contributed by atoms with Gasteiger partial charge in [-0.1, -0.05) is 20.8 Å². The van der Waals surface area contributed by atoms with Crippen LogP contribution in [0.25, 0.3) is 0 Å². The van der Waals surface area contributed by atoms with Gasteiger partial charge >= 0.3 is 0 Å². The van der Waals surface area contributed by atoms with Crippen molar-refractivity contribution in [2.75, 3.05) is 19.8 Å². The van der Waals surface area contributed by atoms with Crippen molar-refractivity contribution in [1.82, 2.24) is 10.3 Å². The van der Waals surface area contributed by atoms with E-state index >= 15 is 0 Å². The van der Waals surface area contributed by atoms with Crippen LogP contribution in [0.15, 0.2) is 5.38 Å². The van der Waals surface area contributed by atoms with Gasteiger partial charge in [-0.3, -0.25) is 0 Å². The molecule has 1 saturated heterocycles. The van der Waals surface area contributed by atoms with Gasteiger partial charge in [0, 0.05) is 43.0 Å². The smallest absolute Gasteiger partial charge is 0.0934 e. The minimum atomic E-state index is 0.157. The maximum absolute atomic E-state index is 5.60. The topological polar surface area (TPSA) is 34.1 Å². The maximum atomic E-state index is 5.60. The third kappa shape index (κ3) is 4.05. The lowest BCUT2D eigenvalue weighted by molar-refractivity contribution is 0.0147. The molecular formula is C17H28N2OS. The average molecular weight is 308 g/mol. The van der Waals surface area contributed by atoms with E-state index in [2.05, 4.69) is 31.5 Å². The largest absolute Gasteiger partial charge is 0.381 e. The van der Waals surface area contributed by atoms with Crippen LogP contribution in [0, 0.1) is 5.41 Å². The number of thiazole rings is 1. The Morgan fingerprint density at radius 1 is 1.33 bits per heavy atom. The molecule has 1 aromatic heterocycles. The predicted octanol–water partition coefficient (Wildman–Crippen LogP) is 3.53. The Hall–Kier alpha value is -0.450. The molecule has 118 valence electrons. The van der Waals surface area contributed by atoms with Crippen molar-refractivity contribution in [3.8, 4) is 0 Å². The van der Waals surface area contributed by atoms with Crippen LogP contribution in [0.4, 0.5) is 0 Å². The SMILES string of the molecule is CC(C)(C)c1csc(CC2(CNC3CC3)CCOCC2)n1. The lowest BCUT2D eigenvalue weighted by Gasteiger charge is -2.37. The first kappa shape index (κ1) is 15.4. The summed E-state index contributed by atoms with van der Waals surface area (Å²) >= 11 is 1.84. The molecule has 2 fully saturated rings. The van der Waals surface area contributed by atoms with Crippen LogP contribution in [0.1, 0.15) is 57.2 Å². The van der Waals surface area contributed by atoms with Gasteiger partial charge in [-0.05, 0) is 31.1 Å². The molecule has 0 bridgehead atoms. The second kappa shape index (κ2) is 5.98. The molecule has 4 heteroatoms. The number of nitrogens with one attached hydrogen (secondary N) is 1. The minimum Gasteiger partial charge on any atom is -0.381 e. The summed E-state index contributed by atoms with van der Waals surface area (Å²) in [6.07, 6.45) is 6.15. The standard InChI is InChI=1S/C17H28N2OS/c1-16(2,3)14-11-21-15(19-14)10-17(6-8-20-9-7-17)12-18-13-4-5-13/h11,13,18H,4-10,12H2,1-3H3. The maximum Gasteiger partial charge on any atom is 0.0934 e. The van der Waals surface area contributed by atoms with Gasteiger partial charge in [0.1, 0.15) is 0 Å². The van der Waals surface area contributed by atoms with Crippen LogP contribution >= 0.6 is 11.3 Å². The molecule has 0 spiro atoms. The lowest BCUT2D eigenvalue weighted by atomic mass is 9.77. The van der Waals surface area contributed by atoms with Gasteiger partial charge in [-0.25, -0.2) is 4.98 Å². The summed E-state index contributed by atoms with van der Waals surface area (Å²) in [5.74, 6) is 0. The minimum absolute atomic E-state index is 0.157. The highest BCUT2D eigenvalue weighted by atomic mass is 32.1. The number of hydrogen-bond donors (Lipinski definition) is 1. The fourth-order valence-corrected chi connectivity index (χ4v) is 4.12. The molecule has 3 nitrogen and oxygen atoms in total. The zero-order valence-electron chi connectivity index (χ0n) is 13.6. The van der Waals surface area contributed by atoms with E-state index in [1.54, 1.807) is 0 Å². The quantitative estimate of drug-likeness (QED) is 0.903. The highest BCUT2D eigenvalue weighted by Gasteiger charge is 2.35. The summed E-state index contributed by atoms with van der Waals surface area (Å²) in [6, 6.07) is 0.783. The summed E-state index contributed by atoms with van der Waals surface area (Å²) in [7, 11) is 0. The van der Waals surface area contributed by atoms with E-state index in [1.807, 2.05) is 11.3 Å². The fraction of sp³-hybridized carbons (Fsp3) is 0.824. The molecule has 1 N–H and O–H groups in total. The van der Waals surface area contributed by atoms with Crippen molar-refractivity contribution in [3.63, 3.8) is 0 Å². The first-order chi connectivity index (χ1) is 9.97. The van der Waals surface area contributed by atoms with Crippen LogP contribution in [0.2, 0.25) is 0 Å². The van der Waals surface area contributed by atoms with E-state index in [4.69, 9.17) is 9.72 Å². The lowest BCUT2D eigenvalue weighted by Crippen LogP contribution is -2.41. The Labute approximate surface area is 132 Å². The first-order valence-corrected chi connectivity index (χ1v) is 9.11. The van der Waals surface area contributed by atoms with Crippen molar-refractivity contribution < 1.29 is 4.74 Å². The molecule has 2 aliphatic rings. The van der Waals surface area contributed by atoms with E-state index < -0.39 is 0 Å². The van der Waals surface area contributed by atoms with Gasteiger partial charge in [0.05, 0.1) is 10.7 Å². The summed E-state index contributed by atoms with van der Waals surface area (Å²) in [6.45, 7) is 9.67. The third-order valence-corrected chi connectivity index (χ3v) is 5.59. The second-order valence-corrected chi connectivity index (χ2v) is 8.76. The summed E-state index contributed by atoms with van der Waals surface area (Å²) in [5.41, 5.74) is 1.75. The van der Waals surface area contributed by atoms with Crippen LogP contribution in [-0.2, 0) is 16.6 Å². The Bertz CT molecular complexity index is 467. The van der Waals surface area contributed by atoms with Crippen molar-refractivity contribution in [1.29, 1.82) is 0 Å². The molecule has 0 atom stereocenters. The summed E-state index contributed by atoms with van der Waals surface area (Å²) < 4.78 is 5.60. The fourth-order valence-electron chi connectivity index (χ4n) is 2.93. The van der Waals surface area contributed by atoms with Crippen molar-refractivity contribution in [2.45, 2.75) is 64.3 Å². The van der Waals surface area contributed by atoms with Gasteiger partial charge in [0.25, 0.3) is 0 Å². The number of aromatic nitrogens is 1. The third-order valence-electron chi connectivity index (χ3n) is 4.74. The molecule has 1 aliphatic heterocycles. The molecule has 0 aromatic carbocycles. The molecule has 2 heterocycles. The molecule has 1 saturated carbocycles. The zero-order chi connectivity index (χ0) is 14.9. The second-order valence-electron chi connectivity index (χ2n) is 7.82. The number of hydrogen-bond acceptors (Lipinski definition) is 4. The number of nitrogens with zero attached hydrogens (tertiary/aromatic N) is 1. The first-order valence-electron chi connectivity index (χ1n) is 8.23. The van der Waals surface area contributed by atoms with Crippen LogP contribution < -0.4 is 5.32 Å². The molecule has 21 heavy (non-hydrogen) atoms. The van der Waals surface area contributed by atoms with Crippen LogP contribution in [-0.4, -0.2) is 30.8 Å². The number of ether oxygens (including phenoxy) is 1.